The molecule has 0 N–H and O–H groups in total. The summed E-state index contributed by atoms with van der Waals surface area (Å²) in [5, 5.41) is 0.606. The monoisotopic (exact) mass is 324 g/mol. The van der Waals surface area contributed by atoms with Crippen molar-refractivity contribution in [1.82, 2.24) is 0 Å². The molecule has 1 aromatic heterocycles. The van der Waals surface area contributed by atoms with E-state index in [4.69, 9.17) is 13.9 Å². The fourth-order valence-corrected chi connectivity index (χ4v) is 2.85. The third kappa shape index (κ3) is 2.87. The van der Waals surface area contributed by atoms with Crippen LogP contribution in [0.4, 0.5) is 0 Å². The smallest absolute Gasteiger partial charge is 0.193 e. The van der Waals surface area contributed by atoms with Crippen molar-refractivity contribution >= 4 is 11.0 Å². The summed E-state index contributed by atoms with van der Waals surface area (Å²) in [4.78, 5) is 12.5. The highest BCUT2D eigenvalue weighted by Crippen LogP contribution is 2.33. The summed E-state index contributed by atoms with van der Waals surface area (Å²) in [6.07, 6.45) is 0. The average Bonchev–Trinajstić information content (AvgIpc) is 2.56. The summed E-state index contributed by atoms with van der Waals surface area (Å²) in [6.45, 7) is 6.39. The Bertz CT molecular complexity index is 954. The molecule has 3 rings (SSSR count). The molecule has 0 atom stereocenters. The summed E-state index contributed by atoms with van der Waals surface area (Å²) in [5.74, 6) is 1.79. The Hall–Kier alpha value is -2.75. The molecule has 124 valence electrons. The maximum atomic E-state index is 12.5. The lowest BCUT2D eigenvalue weighted by Gasteiger charge is -2.11. The van der Waals surface area contributed by atoms with Crippen molar-refractivity contribution in [3.05, 3.63) is 57.7 Å². The van der Waals surface area contributed by atoms with Crippen molar-refractivity contribution < 1.29 is 13.9 Å². The summed E-state index contributed by atoms with van der Waals surface area (Å²) in [5.41, 5.74) is 3.33. The Morgan fingerprint density at radius 2 is 1.83 bits per heavy atom. The zero-order valence-corrected chi connectivity index (χ0v) is 14.3. The summed E-state index contributed by atoms with van der Waals surface area (Å²) in [6, 6.07) is 10.9. The van der Waals surface area contributed by atoms with Crippen molar-refractivity contribution in [1.29, 1.82) is 0 Å². The number of fused-ring (bicyclic) bond motifs is 1. The Morgan fingerprint density at radius 3 is 2.54 bits per heavy atom. The molecule has 0 aliphatic rings. The zero-order valence-electron chi connectivity index (χ0n) is 14.3. The minimum atomic E-state index is -0.0501. The summed E-state index contributed by atoms with van der Waals surface area (Å²) < 4.78 is 16.9. The lowest BCUT2D eigenvalue weighted by molar-refractivity contribution is 0.311. The van der Waals surface area contributed by atoms with Crippen LogP contribution in [-0.4, -0.2) is 13.7 Å². The van der Waals surface area contributed by atoms with Crippen LogP contribution in [0.15, 0.2) is 45.6 Å². The van der Waals surface area contributed by atoms with Gasteiger partial charge in [0.15, 0.2) is 16.9 Å². The molecule has 0 aliphatic carbocycles. The van der Waals surface area contributed by atoms with Crippen molar-refractivity contribution in [2.45, 2.75) is 20.8 Å². The molecular formula is C20H20O4. The maximum Gasteiger partial charge on any atom is 0.193 e. The lowest BCUT2D eigenvalue weighted by Crippen LogP contribution is -2.02. The van der Waals surface area contributed by atoms with Gasteiger partial charge in [-0.25, -0.2) is 0 Å². The summed E-state index contributed by atoms with van der Waals surface area (Å²) in [7, 11) is 1.59. The Morgan fingerprint density at radius 1 is 1.04 bits per heavy atom. The molecule has 0 saturated carbocycles. The number of benzene rings is 2. The van der Waals surface area contributed by atoms with Gasteiger partial charge in [-0.1, -0.05) is 6.07 Å². The van der Waals surface area contributed by atoms with E-state index in [-0.39, 0.29) is 5.43 Å². The van der Waals surface area contributed by atoms with Crippen LogP contribution in [0.5, 0.6) is 11.5 Å². The van der Waals surface area contributed by atoms with E-state index in [2.05, 4.69) is 0 Å². The van der Waals surface area contributed by atoms with Gasteiger partial charge in [0.25, 0.3) is 0 Å². The average molecular weight is 324 g/mol. The number of rotatable bonds is 4. The third-order valence-electron chi connectivity index (χ3n) is 3.91. The molecule has 2 aromatic carbocycles. The first-order chi connectivity index (χ1) is 11.5. The molecule has 0 saturated heterocycles. The van der Waals surface area contributed by atoms with Crippen LogP contribution in [0.1, 0.15) is 18.1 Å². The molecular weight excluding hydrogens is 304 g/mol. The van der Waals surface area contributed by atoms with Crippen LogP contribution in [0.2, 0.25) is 0 Å². The fraction of sp³-hybridized carbons (Fsp3) is 0.250. The normalized spacial score (nSPS) is 10.8. The second-order valence-electron chi connectivity index (χ2n) is 5.73. The van der Waals surface area contributed by atoms with Crippen LogP contribution in [0, 0.1) is 13.8 Å². The predicted molar refractivity (Wildman–Crippen MR) is 95.1 cm³/mol. The van der Waals surface area contributed by atoms with Gasteiger partial charge in [0.1, 0.15) is 11.3 Å². The quantitative estimate of drug-likeness (QED) is 0.710. The van der Waals surface area contributed by atoms with Crippen LogP contribution < -0.4 is 14.9 Å². The van der Waals surface area contributed by atoms with E-state index in [9.17, 15) is 4.79 Å². The van der Waals surface area contributed by atoms with E-state index in [1.807, 2.05) is 51.1 Å². The molecule has 4 nitrogen and oxygen atoms in total. The molecule has 0 unspecified atom stereocenters. The molecule has 0 fully saturated rings. The zero-order chi connectivity index (χ0) is 17.3. The van der Waals surface area contributed by atoms with Gasteiger partial charge < -0.3 is 13.9 Å². The predicted octanol–water partition coefficient (Wildman–Crippen LogP) is 4.48. The second kappa shape index (κ2) is 6.40. The largest absolute Gasteiger partial charge is 0.493 e. The fourth-order valence-electron chi connectivity index (χ4n) is 2.85. The van der Waals surface area contributed by atoms with Gasteiger partial charge in [-0.05, 0) is 56.2 Å². The van der Waals surface area contributed by atoms with E-state index in [1.54, 1.807) is 7.11 Å². The highest BCUT2D eigenvalue weighted by atomic mass is 16.5. The molecule has 0 bridgehead atoms. The molecule has 4 heteroatoms. The Kier molecular flexibility index (Phi) is 4.30. The number of methoxy groups -OCH3 is 1. The van der Waals surface area contributed by atoms with Crippen molar-refractivity contribution in [3.8, 4) is 22.8 Å². The van der Waals surface area contributed by atoms with E-state index >= 15 is 0 Å². The molecule has 1 heterocycles. The first kappa shape index (κ1) is 16.1. The van der Waals surface area contributed by atoms with Crippen molar-refractivity contribution in [2.75, 3.05) is 13.7 Å². The standard InChI is InChI=1S/C20H20O4/c1-5-23-17-7-6-14(10-19(17)22-4)18-11-16(21)15-9-12(2)8-13(3)20(15)24-18/h6-11H,5H2,1-4H3. The van der Waals surface area contributed by atoms with E-state index in [0.717, 1.165) is 16.7 Å². The van der Waals surface area contributed by atoms with Gasteiger partial charge in [-0.3, -0.25) is 4.79 Å². The van der Waals surface area contributed by atoms with Gasteiger partial charge in [-0.2, -0.15) is 0 Å². The SMILES string of the molecule is CCOc1ccc(-c2cc(=O)c3cc(C)cc(C)c3o2)cc1OC. The van der Waals surface area contributed by atoms with Crippen LogP contribution in [0.25, 0.3) is 22.3 Å². The molecule has 0 amide bonds. The summed E-state index contributed by atoms with van der Waals surface area (Å²) >= 11 is 0. The van der Waals surface area contributed by atoms with E-state index in [0.29, 0.717) is 34.8 Å². The van der Waals surface area contributed by atoms with E-state index in [1.165, 1.54) is 6.07 Å². The minimum Gasteiger partial charge on any atom is -0.493 e. The molecule has 3 aromatic rings. The highest BCUT2D eigenvalue weighted by molar-refractivity contribution is 5.82. The Labute approximate surface area is 140 Å². The second-order valence-corrected chi connectivity index (χ2v) is 5.73. The van der Waals surface area contributed by atoms with Gasteiger partial charge in [0.2, 0.25) is 0 Å². The van der Waals surface area contributed by atoms with Crippen LogP contribution >= 0.6 is 0 Å². The highest BCUT2D eigenvalue weighted by Gasteiger charge is 2.12. The Balaban J connectivity index is 2.18. The number of aryl methyl sites for hydroxylation is 2. The first-order valence-corrected chi connectivity index (χ1v) is 7.89. The van der Waals surface area contributed by atoms with Crippen LogP contribution in [-0.2, 0) is 0 Å². The third-order valence-corrected chi connectivity index (χ3v) is 3.91. The number of ether oxygens (including phenoxy) is 2. The van der Waals surface area contributed by atoms with E-state index < -0.39 is 0 Å². The minimum absolute atomic E-state index is 0.0501. The maximum absolute atomic E-state index is 12.5. The van der Waals surface area contributed by atoms with Crippen molar-refractivity contribution in [3.63, 3.8) is 0 Å². The topological polar surface area (TPSA) is 48.7 Å². The molecule has 0 aliphatic heterocycles. The van der Waals surface area contributed by atoms with Gasteiger partial charge in [-0.15, -0.1) is 0 Å². The first-order valence-electron chi connectivity index (χ1n) is 7.89. The molecule has 24 heavy (non-hydrogen) atoms. The van der Waals surface area contributed by atoms with Gasteiger partial charge in [0, 0.05) is 11.6 Å². The van der Waals surface area contributed by atoms with Crippen molar-refractivity contribution in [2.24, 2.45) is 0 Å². The molecule has 0 spiro atoms. The lowest BCUT2D eigenvalue weighted by atomic mass is 10.1. The molecule has 0 radical (unpaired) electrons. The van der Waals surface area contributed by atoms with Gasteiger partial charge in [0.05, 0.1) is 19.1 Å². The number of hydrogen-bond donors (Lipinski definition) is 0. The number of hydrogen-bond acceptors (Lipinski definition) is 4. The van der Waals surface area contributed by atoms with Gasteiger partial charge >= 0.3 is 0 Å². The van der Waals surface area contributed by atoms with Crippen LogP contribution in [0.3, 0.4) is 0 Å².